The molecule has 1 aliphatic heterocycles. The number of amides is 1. The zero-order valence-electron chi connectivity index (χ0n) is 13.8. The monoisotopic (exact) mass is 305 g/mol. The molecular weight excluding hydrogens is 278 g/mol. The number of hydrogen-bond acceptors (Lipinski definition) is 4. The van der Waals surface area contributed by atoms with Crippen molar-refractivity contribution in [1.82, 2.24) is 15.6 Å². The van der Waals surface area contributed by atoms with Crippen molar-refractivity contribution in [2.45, 2.75) is 39.7 Å². The first kappa shape index (κ1) is 16.7. The summed E-state index contributed by atoms with van der Waals surface area (Å²) in [7, 11) is 0. The summed E-state index contributed by atoms with van der Waals surface area (Å²) in [5.41, 5.74) is 1.18. The fraction of sp³-hybridized carbons (Fsp3) is 0.647. The molecule has 1 fully saturated rings. The number of carbonyl (C=O) groups excluding carboxylic acids is 1. The molecule has 0 saturated carbocycles. The fourth-order valence-electron chi connectivity index (χ4n) is 2.42. The predicted octanol–water partition coefficient (Wildman–Crippen LogP) is 1.77. The van der Waals surface area contributed by atoms with E-state index in [1.165, 1.54) is 12.0 Å². The maximum atomic E-state index is 11.0. The molecule has 0 bridgehead atoms. The van der Waals surface area contributed by atoms with E-state index in [0.717, 1.165) is 18.7 Å². The third kappa shape index (κ3) is 5.30. The average Bonchev–Trinajstić information content (AvgIpc) is 2.43. The van der Waals surface area contributed by atoms with Crippen LogP contribution in [0.2, 0.25) is 0 Å². The van der Waals surface area contributed by atoms with Gasteiger partial charge < -0.3 is 15.4 Å². The standard InChI is InChI=1S/C17H27N3O2/c1-12(13(2)8-20-14(3)21)6-15-7-17(10-18-9-15)22-11-16-4-5-19-16/h7,9-10,12-13,16,19H,4-6,8,11H2,1-3H3,(H,20,21)/t12-,13-,16-/m0/s1. The van der Waals surface area contributed by atoms with E-state index in [4.69, 9.17) is 4.74 Å². The summed E-state index contributed by atoms with van der Waals surface area (Å²) in [4.78, 5) is 15.3. The maximum absolute atomic E-state index is 11.0. The van der Waals surface area contributed by atoms with E-state index in [1.807, 2.05) is 6.20 Å². The molecule has 5 heteroatoms. The van der Waals surface area contributed by atoms with E-state index in [-0.39, 0.29) is 5.91 Å². The van der Waals surface area contributed by atoms with Gasteiger partial charge in [-0.05, 0) is 42.9 Å². The molecule has 1 aliphatic rings. The minimum atomic E-state index is 0.0284. The summed E-state index contributed by atoms with van der Waals surface area (Å²) in [5, 5.41) is 6.20. The zero-order chi connectivity index (χ0) is 15.9. The summed E-state index contributed by atoms with van der Waals surface area (Å²) in [6.07, 6.45) is 5.79. The minimum Gasteiger partial charge on any atom is -0.490 e. The first-order valence-corrected chi connectivity index (χ1v) is 8.09. The van der Waals surface area contributed by atoms with Crippen molar-refractivity contribution in [3.05, 3.63) is 24.0 Å². The van der Waals surface area contributed by atoms with E-state index in [0.29, 0.717) is 31.0 Å². The van der Waals surface area contributed by atoms with Gasteiger partial charge >= 0.3 is 0 Å². The van der Waals surface area contributed by atoms with Gasteiger partial charge in [0.1, 0.15) is 12.4 Å². The van der Waals surface area contributed by atoms with Crippen LogP contribution in [0.25, 0.3) is 0 Å². The lowest BCUT2D eigenvalue weighted by Crippen LogP contribution is -2.46. The van der Waals surface area contributed by atoms with Crippen molar-refractivity contribution in [3.8, 4) is 5.75 Å². The Morgan fingerprint density at radius 2 is 2.23 bits per heavy atom. The van der Waals surface area contributed by atoms with Crippen molar-refractivity contribution < 1.29 is 9.53 Å². The number of aromatic nitrogens is 1. The van der Waals surface area contributed by atoms with Crippen LogP contribution in [-0.4, -0.2) is 36.6 Å². The number of nitrogens with zero attached hydrogens (tertiary/aromatic N) is 1. The molecule has 1 saturated heterocycles. The van der Waals surface area contributed by atoms with Crippen LogP contribution in [0.4, 0.5) is 0 Å². The van der Waals surface area contributed by atoms with Crippen molar-refractivity contribution in [3.63, 3.8) is 0 Å². The van der Waals surface area contributed by atoms with Gasteiger partial charge in [-0.15, -0.1) is 0 Å². The van der Waals surface area contributed by atoms with Crippen molar-refractivity contribution in [2.24, 2.45) is 11.8 Å². The molecule has 1 aromatic heterocycles. The van der Waals surface area contributed by atoms with Crippen LogP contribution in [-0.2, 0) is 11.2 Å². The van der Waals surface area contributed by atoms with Gasteiger partial charge in [0.15, 0.2) is 0 Å². The maximum Gasteiger partial charge on any atom is 0.216 e. The Balaban J connectivity index is 1.81. The van der Waals surface area contributed by atoms with Crippen molar-refractivity contribution in [2.75, 3.05) is 19.7 Å². The molecule has 2 rings (SSSR count). The first-order valence-electron chi connectivity index (χ1n) is 8.09. The molecule has 3 atom stereocenters. The lowest BCUT2D eigenvalue weighted by Gasteiger charge is -2.27. The van der Waals surface area contributed by atoms with Crippen LogP contribution in [0.3, 0.4) is 0 Å². The average molecular weight is 305 g/mol. The molecule has 0 unspecified atom stereocenters. The summed E-state index contributed by atoms with van der Waals surface area (Å²) < 4.78 is 5.79. The Labute approximate surface area is 132 Å². The topological polar surface area (TPSA) is 63.2 Å². The van der Waals surface area contributed by atoms with Crippen LogP contribution in [0.1, 0.15) is 32.8 Å². The Morgan fingerprint density at radius 1 is 1.45 bits per heavy atom. The smallest absolute Gasteiger partial charge is 0.216 e. The Morgan fingerprint density at radius 3 is 2.86 bits per heavy atom. The summed E-state index contributed by atoms with van der Waals surface area (Å²) in [6.45, 7) is 8.44. The van der Waals surface area contributed by atoms with Gasteiger partial charge in [-0.3, -0.25) is 9.78 Å². The number of pyridine rings is 1. The van der Waals surface area contributed by atoms with Crippen LogP contribution >= 0.6 is 0 Å². The summed E-state index contributed by atoms with van der Waals surface area (Å²) in [6, 6.07) is 2.56. The van der Waals surface area contributed by atoms with Gasteiger partial charge in [-0.2, -0.15) is 0 Å². The van der Waals surface area contributed by atoms with Gasteiger partial charge in [-0.25, -0.2) is 0 Å². The Kier molecular flexibility index (Phi) is 6.19. The molecule has 1 amide bonds. The van der Waals surface area contributed by atoms with Gasteiger partial charge in [0, 0.05) is 25.7 Å². The van der Waals surface area contributed by atoms with Crippen LogP contribution < -0.4 is 15.4 Å². The number of carbonyl (C=O) groups is 1. The molecule has 0 radical (unpaired) electrons. The molecule has 0 spiro atoms. The molecule has 0 aromatic carbocycles. The molecule has 5 nitrogen and oxygen atoms in total. The lowest BCUT2D eigenvalue weighted by molar-refractivity contribution is -0.119. The van der Waals surface area contributed by atoms with Crippen molar-refractivity contribution in [1.29, 1.82) is 0 Å². The highest BCUT2D eigenvalue weighted by atomic mass is 16.5. The predicted molar refractivity (Wildman–Crippen MR) is 86.9 cm³/mol. The third-order valence-electron chi connectivity index (χ3n) is 4.35. The quantitative estimate of drug-likeness (QED) is 0.768. The van der Waals surface area contributed by atoms with E-state index >= 15 is 0 Å². The number of nitrogens with one attached hydrogen (secondary N) is 2. The van der Waals surface area contributed by atoms with Gasteiger partial charge in [-0.1, -0.05) is 13.8 Å². The van der Waals surface area contributed by atoms with Crippen LogP contribution in [0.15, 0.2) is 18.5 Å². The van der Waals surface area contributed by atoms with Crippen molar-refractivity contribution >= 4 is 5.91 Å². The Hall–Kier alpha value is -1.62. The van der Waals surface area contributed by atoms with Gasteiger partial charge in [0.25, 0.3) is 0 Å². The molecule has 22 heavy (non-hydrogen) atoms. The molecule has 2 heterocycles. The van der Waals surface area contributed by atoms with Gasteiger partial charge in [0.2, 0.25) is 5.91 Å². The first-order chi connectivity index (χ1) is 10.5. The highest BCUT2D eigenvalue weighted by molar-refractivity contribution is 5.72. The summed E-state index contributed by atoms with van der Waals surface area (Å²) in [5.74, 6) is 1.76. The number of ether oxygens (including phenoxy) is 1. The van der Waals surface area contributed by atoms with Crippen LogP contribution in [0, 0.1) is 11.8 Å². The fourth-order valence-corrected chi connectivity index (χ4v) is 2.42. The van der Waals surface area contributed by atoms with Crippen LogP contribution in [0.5, 0.6) is 5.75 Å². The third-order valence-corrected chi connectivity index (χ3v) is 4.35. The number of hydrogen-bond donors (Lipinski definition) is 2. The molecule has 0 aliphatic carbocycles. The molecular formula is C17H27N3O2. The lowest BCUT2D eigenvalue weighted by atomic mass is 9.90. The summed E-state index contributed by atoms with van der Waals surface area (Å²) >= 11 is 0. The normalized spacial score (nSPS) is 19.9. The largest absolute Gasteiger partial charge is 0.490 e. The second-order valence-corrected chi connectivity index (χ2v) is 6.38. The second-order valence-electron chi connectivity index (χ2n) is 6.38. The SMILES string of the molecule is CC(=O)NC[C@H](C)[C@@H](C)Cc1cncc(OC[C@@H]2CCN2)c1. The minimum absolute atomic E-state index is 0.0284. The highest BCUT2D eigenvalue weighted by Crippen LogP contribution is 2.19. The molecule has 1 aromatic rings. The van der Waals surface area contributed by atoms with E-state index in [2.05, 4.69) is 35.5 Å². The van der Waals surface area contributed by atoms with E-state index < -0.39 is 0 Å². The van der Waals surface area contributed by atoms with E-state index in [9.17, 15) is 4.79 Å². The van der Waals surface area contributed by atoms with E-state index in [1.54, 1.807) is 13.1 Å². The Bertz CT molecular complexity index is 489. The highest BCUT2D eigenvalue weighted by Gasteiger charge is 2.17. The van der Waals surface area contributed by atoms with Gasteiger partial charge in [0.05, 0.1) is 6.20 Å². The molecule has 122 valence electrons. The zero-order valence-corrected chi connectivity index (χ0v) is 13.8. The second kappa shape index (κ2) is 8.13. The number of rotatable bonds is 8. The molecule has 2 N–H and O–H groups in total.